The van der Waals surface area contributed by atoms with E-state index in [0.717, 1.165) is 12.1 Å². The molecular formula is C18H22FN3O3S2. The number of piperazine rings is 1. The van der Waals surface area contributed by atoms with E-state index in [0.29, 0.717) is 26.2 Å². The van der Waals surface area contributed by atoms with Gasteiger partial charge >= 0.3 is 0 Å². The summed E-state index contributed by atoms with van der Waals surface area (Å²) in [5.41, 5.74) is 0. The van der Waals surface area contributed by atoms with Crippen LogP contribution in [0.2, 0.25) is 0 Å². The standard InChI is InChI=1S/C18H22FN3O3S2/c1-20(13-16-3-2-12-26-16)14-18(23)21-8-10-22(11-9-21)27(24,25)17-6-4-15(19)5-7-17/h2-7,12H,8-11,13-14H2,1H3. The van der Waals surface area contributed by atoms with Crippen LogP contribution in [0, 0.1) is 5.82 Å². The first-order valence-electron chi connectivity index (χ1n) is 8.60. The Morgan fingerprint density at radius 1 is 1.15 bits per heavy atom. The lowest BCUT2D eigenvalue weighted by molar-refractivity contribution is -0.133. The molecule has 0 unspecified atom stereocenters. The smallest absolute Gasteiger partial charge is 0.243 e. The predicted molar refractivity (Wildman–Crippen MR) is 102 cm³/mol. The molecule has 0 atom stereocenters. The van der Waals surface area contributed by atoms with Crippen LogP contribution in [0.25, 0.3) is 0 Å². The monoisotopic (exact) mass is 411 g/mol. The van der Waals surface area contributed by atoms with Gasteiger partial charge in [-0.3, -0.25) is 9.69 Å². The van der Waals surface area contributed by atoms with Crippen molar-refractivity contribution >= 4 is 27.3 Å². The van der Waals surface area contributed by atoms with E-state index in [1.807, 2.05) is 29.5 Å². The summed E-state index contributed by atoms with van der Waals surface area (Å²) in [6.45, 7) is 2.18. The number of likely N-dealkylation sites (N-methyl/N-ethyl adjacent to an activating group) is 1. The SMILES string of the molecule is CN(CC(=O)N1CCN(S(=O)(=O)c2ccc(F)cc2)CC1)Cc1cccs1. The van der Waals surface area contributed by atoms with Crippen LogP contribution in [0.3, 0.4) is 0 Å². The fraction of sp³-hybridized carbons (Fsp3) is 0.389. The molecule has 2 heterocycles. The molecule has 1 aromatic heterocycles. The van der Waals surface area contributed by atoms with Crippen LogP contribution in [0.15, 0.2) is 46.7 Å². The van der Waals surface area contributed by atoms with Gasteiger partial charge in [-0.25, -0.2) is 12.8 Å². The summed E-state index contributed by atoms with van der Waals surface area (Å²) < 4.78 is 39.6. The summed E-state index contributed by atoms with van der Waals surface area (Å²) in [7, 11) is -1.77. The Kier molecular flexibility index (Phi) is 6.25. The molecule has 27 heavy (non-hydrogen) atoms. The first kappa shape index (κ1) is 19.9. The number of carbonyl (C=O) groups excluding carboxylic acids is 1. The largest absolute Gasteiger partial charge is 0.339 e. The van der Waals surface area contributed by atoms with Crippen LogP contribution < -0.4 is 0 Å². The molecule has 0 saturated carbocycles. The second-order valence-electron chi connectivity index (χ2n) is 6.49. The molecule has 0 bridgehead atoms. The van der Waals surface area contributed by atoms with Gasteiger partial charge in [0.15, 0.2) is 0 Å². The van der Waals surface area contributed by atoms with Gasteiger partial charge in [0, 0.05) is 37.6 Å². The summed E-state index contributed by atoms with van der Waals surface area (Å²) >= 11 is 1.65. The summed E-state index contributed by atoms with van der Waals surface area (Å²) in [5, 5.41) is 2.01. The van der Waals surface area contributed by atoms with Crippen LogP contribution in [0.4, 0.5) is 4.39 Å². The Labute approximate surface area is 162 Å². The van der Waals surface area contributed by atoms with Crippen LogP contribution in [-0.4, -0.2) is 68.2 Å². The third-order valence-electron chi connectivity index (χ3n) is 4.45. The summed E-state index contributed by atoms with van der Waals surface area (Å²) in [5.74, 6) is -0.482. The van der Waals surface area contributed by atoms with Crippen molar-refractivity contribution in [1.29, 1.82) is 0 Å². The number of amides is 1. The van der Waals surface area contributed by atoms with Gasteiger partial charge in [0.05, 0.1) is 11.4 Å². The number of nitrogens with zero attached hydrogens (tertiary/aromatic N) is 3. The van der Waals surface area contributed by atoms with Crippen LogP contribution in [0.1, 0.15) is 4.88 Å². The van der Waals surface area contributed by atoms with Crippen LogP contribution in [0.5, 0.6) is 0 Å². The first-order valence-corrected chi connectivity index (χ1v) is 10.9. The van der Waals surface area contributed by atoms with Crippen molar-refractivity contribution in [3.05, 3.63) is 52.5 Å². The van der Waals surface area contributed by atoms with E-state index < -0.39 is 15.8 Å². The van der Waals surface area contributed by atoms with E-state index in [1.165, 1.54) is 21.3 Å². The Balaban J connectivity index is 1.53. The highest BCUT2D eigenvalue weighted by Crippen LogP contribution is 2.18. The molecule has 3 rings (SSSR count). The van der Waals surface area contributed by atoms with E-state index >= 15 is 0 Å². The summed E-state index contributed by atoms with van der Waals surface area (Å²) in [6, 6.07) is 8.82. The average Bonchev–Trinajstić information content (AvgIpc) is 3.15. The predicted octanol–water partition coefficient (Wildman–Crippen LogP) is 1.85. The van der Waals surface area contributed by atoms with E-state index in [2.05, 4.69) is 0 Å². The van der Waals surface area contributed by atoms with Gasteiger partial charge in [-0.05, 0) is 42.8 Å². The van der Waals surface area contributed by atoms with E-state index in [1.54, 1.807) is 16.2 Å². The topological polar surface area (TPSA) is 60.9 Å². The van der Waals surface area contributed by atoms with Gasteiger partial charge in [-0.1, -0.05) is 6.07 Å². The molecule has 2 aromatic rings. The maximum absolute atomic E-state index is 13.0. The zero-order valence-corrected chi connectivity index (χ0v) is 16.7. The molecule has 0 spiro atoms. The highest BCUT2D eigenvalue weighted by atomic mass is 32.2. The number of sulfonamides is 1. The van der Waals surface area contributed by atoms with Gasteiger partial charge in [0.1, 0.15) is 5.82 Å². The van der Waals surface area contributed by atoms with Crippen molar-refractivity contribution < 1.29 is 17.6 Å². The van der Waals surface area contributed by atoms with E-state index in [9.17, 15) is 17.6 Å². The highest BCUT2D eigenvalue weighted by molar-refractivity contribution is 7.89. The molecule has 9 heteroatoms. The molecule has 6 nitrogen and oxygen atoms in total. The lowest BCUT2D eigenvalue weighted by atomic mass is 10.3. The third-order valence-corrected chi connectivity index (χ3v) is 7.23. The maximum Gasteiger partial charge on any atom is 0.243 e. The van der Waals surface area contributed by atoms with Crippen molar-refractivity contribution in [2.45, 2.75) is 11.4 Å². The number of hydrogen-bond donors (Lipinski definition) is 0. The minimum Gasteiger partial charge on any atom is -0.339 e. The molecule has 0 N–H and O–H groups in total. The number of hydrogen-bond acceptors (Lipinski definition) is 5. The zero-order valence-electron chi connectivity index (χ0n) is 15.0. The van der Waals surface area contributed by atoms with Gasteiger partial charge in [-0.2, -0.15) is 4.31 Å². The molecule has 1 amide bonds. The third kappa shape index (κ3) is 4.92. The minimum atomic E-state index is -3.67. The van der Waals surface area contributed by atoms with E-state index in [4.69, 9.17) is 0 Å². The quantitative estimate of drug-likeness (QED) is 0.728. The molecule has 146 valence electrons. The molecular weight excluding hydrogens is 389 g/mol. The Morgan fingerprint density at radius 3 is 2.41 bits per heavy atom. The number of thiophene rings is 1. The van der Waals surface area contributed by atoms with Crippen molar-refractivity contribution in [2.75, 3.05) is 39.8 Å². The van der Waals surface area contributed by atoms with Gasteiger partial charge in [0.25, 0.3) is 0 Å². The second-order valence-corrected chi connectivity index (χ2v) is 9.46. The van der Waals surface area contributed by atoms with E-state index in [-0.39, 0.29) is 23.9 Å². The normalized spacial score (nSPS) is 16.0. The fourth-order valence-electron chi connectivity index (χ4n) is 2.99. The molecule has 1 aliphatic heterocycles. The second kappa shape index (κ2) is 8.47. The number of carbonyl (C=O) groups is 1. The van der Waals surface area contributed by atoms with Gasteiger partial charge in [-0.15, -0.1) is 11.3 Å². The lowest BCUT2D eigenvalue weighted by Gasteiger charge is -2.34. The Bertz CT molecular complexity index is 862. The number of halogens is 1. The average molecular weight is 412 g/mol. The highest BCUT2D eigenvalue weighted by Gasteiger charge is 2.30. The Hall–Kier alpha value is -1.81. The fourth-order valence-corrected chi connectivity index (χ4v) is 5.20. The number of rotatable bonds is 6. The number of benzene rings is 1. The Morgan fingerprint density at radius 2 is 1.81 bits per heavy atom. The first-order chi connectivity index (χ1) is 12.9. The molecule has 0 aliphatic carbocycles. The van der Waals surface area contributed by atoms with Crippen molar-refractivity contribution in [3.63, 3.8) is 0 Å². The maximum atomic E-state index is 13.0. The lowest BCUT2D eigenvalue weighted by Crippen LogP contribution is -2.52. The van der Waals surface area contributed by atoms with Crippen LogP contribution >= 0.6 is 11.3 Å². The molecule has 1 aromatic carbocycles. The molecule has 0 radical (unpaired) electrons. The van der Waals surface area contributed by atoms with Crippen molar-refractivity contribution in [3.8, 4) is 0 Å². The van der Waals surface area contributed by atoms with Gasteiger partial charge in [0.2, 0.25) is 15.9 Å². The van der Waals surface area contributed by atoms with Gasteiger partial charge < -0.3 is 4.90 Å². The van der Waals surface area contributed by atoms with Crippen LogP contribution in [-0.2, 0) is 21.4 Å². The minimum absolute atomic E-state index is 0.00659. The summed E-state index contributed by atoms with van der Waals surface area (Å²) in [6.07, 6.45) is 0. The molecule has 1 aliphatic rings. The summed E-state index contributed by atoms with van der Waals surface area (Å²) in [4.78, 5) is 17.4. The van der Waals surface area contributed by atoms with Crippen molar-refractivity contribution in [1.82, 2.24) is 14.1 Å². The zero-order chi connectivity index (χ0) is 19.4. The molecule has 1 fully saturated rings. The van der Waals surface area contributed by atoms with Crippen molar-refractivity contribution in [2.24, 2.45) is 0 Å². The molecule has 1 saturated heterocycles.